The number of nitriles is 1. The van der Waals surface area contributed by atoms with Crippen molar-refractivity contribution in [1.82, 2.24) is 0 Å². The number of hydrogen-bond donors (Lipinski definition) is 0. The molecule has 0 saturated heterocycles. The molecule has 1 aliphatic carbocycles. The van der Waals surface area contributed by atoms with Crippen LogP contribution in [0.3, 0.4) is 0 Å². The van der Waals surface area contributed by atoms with Crippen LogP contribution in [0.2, 0.25) is 0 Å². The predicted octanol–water partition coefficient (Wildman–Crippen LogP) is 5.46. The highest BCUT2D eigenvalue weighted by Crippen LogP contribution is 2.36. The average Bonchev–Trinajstić information content (AvgIpc) is 2.58. The molecule has 4 heteroatoms. The summed E-state index contributed by atoms with van der Waals surface area (Å²) in [6, 6.07) is 4.62. The van der Waals surface area contributed by atoms with Crippen molar-refractivity contribution in [2.75, 3.05) is 6.61 Å². The smallest absolute Gasteiger partial charge is 0.176 e. The van der Waals surface area contributed by atoms with E-state index in [0.29, 0.717) is 5.56 Å². The summed E-state index contributed by atoms with van der Waals surface area (Å²) in [6.45, 7) is 2.99. The minimum Gasteiger partial charge on any atom is -0.378 e. The normalized spacial score (nSPS) is 21.1. The first-order valence-electron chi connectivity index (χ1n) is 8.67. The van der Waals surface area contributed by atoms with Gasteiger partial charge in [0, 0.05) is 6.61 Å². The molecule has 0 N–H and O–H groups in total. The third-order valence-electron chi connectivity index (χ3n) is 4.70. The van der Waals surface area contributed by atoms with Gasteiger partial charge in [0.1, 0.15) is 6.07 Å². The zero-order chi connectivity index (χ0) is 16.7. The van der Waals surface area contributed by atoms with Gasteiger partial charge >= 0.3 is 0 Å². The predicted molar refractivity (Wildman–Crippen MR) is 86.2 cm³/mol. The molecule has 1 aliphatic rings. The van der Waals surface area contributed by atoms with Crippen molar-refractivity contribution in [2.45, 2.75) is 70.3 Å². The van der Waals surface area contributed by atoms with Crippen molar-refractivity contribution in [3.63, 3.8) is 0 Å². The molecule has 23 heavy (non-hydrogen) atoms. The van der Waals surface area contributed by atoms with Gasteiger partial charge in [-0.2, -0.15) is 5.26 Å². The molecule has 1 saturated carbocycles. The Morgan fingerprint density at radius 1 is 1.09 bits per heavy atom. The van der Waals surface area contributed by atoms with Crippen LogP contribution in [-0.4, -0.2) is 12.7 Å². The molecule has 0 bridgehead atoms. The van der Waals surface area contributed by atoms with Crippen LogP contribution in [0.25, 0.3) is 0 Å². The number of unbranched alkanes of at least 4 members (excludes halogenated alkanes) is 3. The first-order valence-corrected chi connectivity index (χ1v) is 8.67. The molecule has 2 nitrogen and oxygen atoms in total. The SMILES string of the molecule is CCCCCCOC1CCC(c2ccc(C#N)c(F)c2F)CC1. The summed E-state index contributed by atoms with van der Waals surface area (Å²) in [5.74, 6) is -1.84. The van der Waals surface area contributed by atoms with E-state index in [0.717, 1.165) is 38.7 Å². The maximum Gasteiger partial charge on any atom is 0.176 e. The lowest BCUT2D eigenvalue weighted by Crippen LogP contribution is -2.22. The van der Waals surface area contributed by atoms with Crippen molar-refractivity contribution >= 4 is 0 Å². The maximum atomic E-state index is 14.1. The van der Waals surface area contributed by atoms with Gasteiger partial charge in [0.15, 0.2) is 11.6 Å². The van der Waals surface area contributed by atoms with Crippen molar-refractivity contribution in [3.05, 3.63) is 34.9 Å². The fourth-order valence-electron chi connectivity index (χ4n) is 3.29. The summed E-state index contributed by atoms with van der Waals surface area (Å²) in [7, 11) is 0. The number of hydrogen-bond acceptors (Lipinski definition) is 2. The van der Waals surface area contributed by atoms with E-state index in [9.17, 15) is 8.78 Å². The molecule has 0 aromatic heterocycles. The summed E-state index contributed by atoms with van der Waals surface area (Å²) in [6.07, 6.45) is 8.42. The van der Waals surface area contributed by atoms with E-state index >= 15 is 0 Å². The van der Waals surface area contributed by atoms with Gasteiger partial charge < -0.3 is 4.74 Å². The largest absolute Gasteiger partial charge is 0.378 e. The van der Waals surface area contributed by atoms with Crippen molar-refractivity contribution < 1.29 is 13.5 Å². The first-order chi connectivity index (χ1) is 11.2. The van der Waals surface area contributed by atoms with Gasteiger partial charge in [-0.05, 0) is 49.7 Å². The molecule has 1 aromatic rings. The van der Waals surface area contributed by atoms with Crippen LogP contribution in [0.1, 0.15) is 75.3 Å². The van der Waals surface area contributed by atoms with Gasteiger partial charge in [0.25, 0.3) is 0 Å². The minimum atomic E-state index is -1.01. The second-order valence-electron chi connectivity index (χ2n) is 6.35. The lowest BCUT2D eigenvalue weighted by atomic mass is 9.82. The Kier molecular flexibility index (Phi) is 6.98. The maximum absolute atomic E-state index is 14.1. The van der Waals surface area contributed by atoms with Crippen LogP contribution >= 0.6 is 0 Å². The van der Waals surface area contributed by atoms with E-state index < -0.39 is 11.6 Å². The first kappa shape index (κ1) is 17.9. The van der Waals surface area contributed by atoms with Gasteiger partial charge in [0.2, 0.25) is 0 Å². The summed E-state index contributed by atoms with van der Waals surface area (Å²) >= 11 is 0. The van der Waals surface area contributed by atoms with Crippen molar-refractivity contribution in [2.24, 2.45) is 0 Å². The third-order valence-corrected chi connectivity index (χ3v) is 4.70. The summed E-state index contributed by atoms with van der Waals surface area (Å²) in [5, 5.41) is 8.74. The van der Waals surface area contributed by atoms with E-state index in [1.807, 2.05) is 0 Å². The molecule has 0 spiro atoms. The van der Waals surface area contributed by atoms with Crippen molar-refractivity contribution in [1.29, 1.82) is 5.26 Å². The second-order valence-corrected chi connectivity index (χ2v) is 6.35. The Labute approximate surface area is 137 Å². The molecule has 0 unspecified atom stereocenters. The molecular weight excluding hydrogens is 296 g/mol. The van der Waals surface area contributed by atoms with E-state index in [4.69, 9.17) is 10.00 Å². The topological polar surface area (TPSA) is 33.0 Å². The van der Waals surface area contributed by atoms with E-state index in [2.05, 4.69) is 6.92 Å². The number of ether oxygens (including phenoxy) is 1. The Morgan fingerprint density at radius 3 is 2.48 bits per heavy atom. The molecule has 0 amide bonds. The van der Waals surface area contributed by atoms with Crippen LogP contribution in [0.4, 0.5) is 8.78 Å². The molecule has 1 aromatic carbocycles. The summed E-state index contributed by atoms with van der Waals surface area (Å²) in [5.41, 5.74) is 0.179. The quantitative estimate of drug-likeness (QED) is 0.625. The highest BCUT2D eigenvalue weighted by Gasteiger charge is 2.26. The van der Waals surface area contributed by atoms with Crippen molar-refractivity contribution in [3.8, 4) is 6.07 Å². The zero-order valence-corrected chi connectivity index (χ0v) is 13.8. The molecule has 0 atom stereocenters. The average molecular weight is 321 g/mol. The third kappa shape index (κ3) is 4.75. The number of rotatable bonds is 7. The Bertz CT molecular complexity index is 545. The van der Waals surface area contributed by atoms with Crippen LogP contribution in [0.15, 0.2) is 12.1 Å². The zero-order valence-electron chi connectivity index (χ0n) is 13.8. The Hall–Kier alpha value is -1.47. The number of nitrogens with zero attached hydrogens (tertiary/aromatic N) is 1. The molecular formula is C19H25F2NO. The number of halogens is 2. The van der Waals surface area contributed by atoms with Gasteiger partial charge in [-0.15, -0.1) is 0 Å². The van der Waals surface area contributed by atoms with E-state index in [1.165, 1.54) is 25.3 Å². The lowest BCUT2D eigenvalue weighted by molar-refractivity contribution is 0.0224. The van der Waals surface area contributed by atoms with Crippen LogP contribution in [-0.2, 0) is 4.74 Å². The molecule has 1 fully saturated rings. The molecule has 0 radical (unpaired) electrons. The summed E-state index contributed by atoms with van der Waals surface area (Å²) < 4.78 is 33.7. The molecule has 126 valence electrons. The minimum absolute atomic E-state index is 0.0252. The van der Waals surface area contributed by atoms with Gasteiger partial charge in [-0.25, -0.2) is 8.78 Å². The molecule has 0 aliphatic heterocycles. The highest BCUT2D eigenvalue weighted by molar-refractivity contribution is 5.36. The number of benzene rings is 1. The molecule has 2 rings (SSSR count). The Balaban J connectivity index is 1.83. The second kappa shape index (κ2) is 8.98. The van der Waals surface area contributed by atoms with Gasteiger partial charge in [-0.3, -0.25) is 0 Å². The lowest BCUT2D eigenvalue weighted by Gasteiger charge is -2.29. The van der Waals surface area contributed by atoms with Crippen LogP contribution in [0, 0.1) is 23.0 Å². The van der Waals surface area contributed by atoms with E-state index in [1.54, 1.807) is 12.1 Å². The van der Waals surface area contributed by atoms with E-state index in [-0.39, 0.29) is 17.6 Å². The van der Waals surface area contributed by atoms with Crippen LogP contribution < -0.4 is 0 Å². The van der Waals surface area contributed by atoms with Crippen LogP contribution in [0.5, 0.6) is 0 Å². The monoisotopic (exact) mass is 321 g/mol. The highest BCUT2D eigenvalue weighted by atomic mass is 19.2. The fourth-order valence-corrected chi connectivity index (χ4v) is 3.29. The fraction of sp³-hybridized carbons (Fsp3) is 0.632. The van der Waals surface area contributed by atoms with Gasteiger partial charge in [-0.1, -0.05) is 32.3 Å². The standard InChI is InChI=1S/C19H25F2NO/c1-2-3-4-5-12-23-16-9-6-14(7-10-16)17-11-8-15(13-22)18(20)19(17)21/h8,11,14,16H,2-7,9-10,12H2,1H3. The summed E-state index contributed by atoms with van der Waals surface area (Å²) in [4.78, 5) is 0. The molecule has 0 heterocycles. The van der Waals surface area contributed by atoms with Gasteiger partial charge in [0.05, 0.1) is 11.7 Å². The Morgan fingerprint density at radius 2 is 1.83 bits per heavy atom.